The third-order valence-electron chi connectivity index (χ3n) is 4.48. The molecule has 0 saturated heterocycles. The molecule has 0 aliphatic carbocycles. The van der Waals surface area contributed by atoms with Gasteiger partial charge in [0, 0.05) is 41.9 Å². The Kier molecular flexibility index (Phi) is 6.68. The third kappa shape index (κ3) is 4.86. The van der Waals surface area contributed by atoms with Crippen LogP contribution in [-0.2, 0) is 17.8 Å². The van der Waals surface area contributed by atoms with Gasteiger partial charge in [-0.15, -0.1) is 22.7 Å². The molecule has 3 rings (SSSR count). The lowest BCUT2D eigenvalue weighted by atomic mass is 10.1. The second kappa shape index (κ2) is 9.19. The lowest BCUT2D eigenvalue weighted by Crippen LogP contribution is -2.41. The zero-order valence-corrected chi connectivity index (χ0v) is 17.0. The Bertz CT molecular complexity index is 739. The number of amides is 1. The Morgan fingerprint density at radius 3 is 2.96 bits per heavy atom. The number of aliphatic imine (C=N–C) groups is 1. The van der Waals surface area contributed by atoms with E-state index in [0.717, 1.165) is 26.1 Å². The molecule has 0 saturated carbocycles. The van der Waals surface area contributed by atoms with Crippen molar-refractivity contribution in [1.29, 1.82) is 0 Å². The van der Waals surface area contributed by atoms with Crippen LogP contribution < -0.4 is 10.6 Å². The molecular weight excluding hydrogens is 364 g/mol. The highest BCUT2D eigenvalue weighted by Gasteiger charge is 2.21. The van der Waals surface area contributed by atoms with Crippen LogP contribution in [0.2, 0.25) is 0 Å². The van der Waals surface area contributed by atoms with Crippen molar-refractivity contribution in [2.24, 2.45) is 4.99 Å². The molecule has 26 heavy (non-hydrogen) atoms. The number of nitrogens with one attached hydrogen (secondary N) is 2. The second-order valence-electron chi connectivity index (χ2n) is 6.43. The summed E-state index contributed by atoms with van der Waals surface area (Å²) in [6.45, 7) is 7.48. The highest BCUT2D eigenvalue weighted by molar-refractivity contribution is 7.10. The number of guanidine groups is 1. The SMILES string of the molecule is CCNC(=NCC(=O)N1CCc2sccc2C1)NCC(C)c1cccs1. The van der Waals surface area contributed by atoms with Crippen LogP contribution in [0.1, 0.15) is 35.1 Å². The van der Waals surface area contributed by atoms with Gasteiger partial charge >= 0.3 is 0 Å². The summed E-state index contributed by atoms with van der Waals surface area (Å²) in [6, 6.07) is 6.35. The lowest BCUT2D eigenvalue weighted by molar-refractivity contribution is -0.130. The van der Waals surface area contributed by atoms with Crippen molar-refractivity contribution in [2.45, 2.75) is 32.7 Å². The van der Waals surface area contributed by atoms with Gasteiger partial charge in [-0.05, 0) is 41.8 Å². The molecule has 5 nitrogen and oxygen atoms in total. The average molecular weight is 391 g/mol. The maximum Gasteiger partial charge on any atom is 0.244 e. The van der Waals surface area contributed by atoms with Crippen LogP contribution in [0.4, 0.5) is 0 Å². The molecule has 2 aromatic rings. The summed E-state index contributed by atoms with van der Waals surface area (Å²) in [5.74, 6) is 1.21. The first-order valence-corrected chi connectivity index (χ1v) is 10.8. The number of rotatable bonds is 6. The van der Waals surface area contributed by atoms with E-state index in [4.69, 9.17) is 0 Å². The predicted molar refractivity (Wildman–Crippen MR) is 110 cm³/mol. The third-order valence-corrected chi connectivity index (χ3v) is 6.61. The molecule has 0 radical (unpaired) electrons. The fourth-order valence-electron chi connectivity index (χ4n) is 2.97. The summed E-state index contributed by atoms with van der Waals surface area (Å²) in [6.07, 6.45) is 0.957. The van der Waals surface area contributed by atoms with Crippen LogP contribution >= 0.6 is 22.7 Å². The molecule has 2 N–H and O–H groups in total. The fraction of sp³-hybridized carbons (Fsp3) is 0.474. The van der Waals surface area contributed by atoms with Crippen LogP contribution in [-0.4, -0.2) is 42.9 Å². The van der Waals surface area contributed by atoms with Crippen LogP contribution in [0.15, 0.2) is 34.0 Å². The van der Waals surface area contributed by atoms with E-state index in [0.29, 0.717) is 18.4 Å². The summed E-state index contributed by atoms with van der Waals surface area (Å²) < 4.78 is 0. The minimum Gasteiger partial charge on any atom is -0.357 e. The number of nitrogens with zero attached hydrogens (tertiary/aromatic N) is 2. The summed E-state index contributed by atoms with van der Waals surface area (Å²) in [7, 11) is 0. The maximum absolute atomic E-state index is 12.5. The van der Waals surface area contributed by atoms with Gasteiger partial charge in [-0.1, -0.05) is 13.0 Å². The van der Waals surface area contributed by atoms with Gasteiger partial charge in [0.1, 0.15) is 6.54 Å². The summed E-state index contributed by atoms with van der Waals surface area (Å²) in [5.41, 5.74) is 1.29. The van der Waals surface area contributed by atoms with Crippen molar-refractivity contribution in [1.82, 2.24) is 15.5 Å². The number of thiophene rings is 2. The molecular formula is C19H26N4OS2. The minimum absolute atomic E-state index is 0.0883. The van der Waals surface area contributed by atoms with Gasteiger partial charge in [0.15, 0.2) is 5.96 Å². The Balaban J connectivity index is 1.52. The van der Waals surface area contributed by atoms with Crippen molar-refractivity contribution in [2.75, 3.05) is 26.2 Å². The van der Waals surface area contributed by atoms with Crippen LogP contribution in [0.3, 0.4) is 0 Å². The van der Waals surface area contributed by atoms with E-state index in [2.05, 4.69) is 51.5 Å². The van der Waals surface area contributed by atoms with Crippen molar-refractivity contribution < 1.29 is 4.79 Å². The van der Waals surface area contributed by atoms with Gasteiger partial charge < -0.3 is 15.5 Å². The minimum atomic E-state index is 0.0883. The molecule has 0 bridgehead atoms. The van der Waals surface area contributed by atoms with E-state index in [1.807, 2.05) is 11.8 Å². The Labute approximate surface area is 163 Å². The average Bonchev–Trinajstić information content (AvgIpc) is 3.34. The quantitative estimate of drug-likeness (QED) is 0.589. The van der Waals surface area contributed by atoms with Crippen molar-refractivity contribution in [3.05, 3.63) is 44.3 Å². The highest BCUT2D eigenvalue weighted by Crippen LogP contribution is 2.24. The molecule has 1 amide bonds. The molecule has 1 aliphatic heterocycles. The zero-order chi connectivity index (χ0) is 18.4. The van der Waals surface area contributed by atoms with E-state index >= 15 is 0 Å². The van der Waals surface area contributed by atoms with Gasteiger partial charge in [0.2, 0.25) is 5.91 Å². The van der Waals surface area contributed by atoms with Crippen LogP contribution in [0, 0.1) is 0 Å². The maximum atomic E-state index is 12.5. The molecule has 1 atom stereocenters. The van der Waals surface area contributed by atoms with Crippen LogP contribution in [0.5, 0.6) is 0 Å². The topological polar surface area (TPSA) is 56.7 Å². The van der Waals surface area contributed by atoms with Gasteiger partial charge in [-0.25, -0.2) is 4.99 Å². The van der Waals surface area contributed by atoms with Crippen molar-refractivity contribution >= 4 is 34.5 Å². The Morgan fingerprint density at radius 2 is 2.19 bits per heavy atom. The number of carbonyl (C=O) groups is 1. The monoisotopic (exact) mass is 390 g/mol. The number of carbonyl (C=O) groups excluding carboxylic acids is 1. The van der Waals surface area contributed by atoms with Crippen LogP contribution in [0.25, 0.3) is 0 Å². The molecule has 0 aromatic carbocycles. The Morgan fingerprint density at radius 1 is 1.31 bits per heavy atom. The lowest BCUT2D eigenvalue weighted by Gasteiger charge is -2.26. The first-order valence-electron chi connectivity index (χ1n) is 9.06. The molecule has 1 aliphatic rings. The Hall–Kier alpha value is -1.86. The zero-order valence-electron chi connectivity index (χ0n) is 15.3. The normalized spacial score (nSPS) is 15.5. The molecule has 140 valence electrons. The van der Waals surface area contributed by atoms with Gasteiger partial charge in [0.25, 0.3) is 0 Å². The molecule has 7 heteroatoms. The van der Waals surface area contributed by atoms with Gasteiger partial charge in [0.05, 0.1) is 0 Å². The largest absolute Gasteiger partial charge is 0.357 e. The number of hydrogen-bond donors (Lipinski definition) is 2. The first-order chi connectivity index (χ1) is 12.7. The molecule has 3 heterocycles. The summed E-state index contributed by atoms with van der Waals surface area (Å²) >= 11 is 3.56. The summed E-state index contributed by atoms with van der Waals surface area (Å²) in [5, 5.41) is 10.8. The van der Waals surface area contributed by atoms with E-state index in [1.54, 1.807) is 22.7 Å². The first kappa shape index (κ1) is 18.9. The predicted octanol–water partition coefficient (Wildman–Crippen LogP) is 3.05. The second-order valence-corrected chi connectivity index (χ2v) is 8.41. The van der Waals surface area contributed by atoms with E-state index in [1.165, 1.54) is 15.3 Å². The van der Waals surface area contributed by atoms with Gasteiger partial charge in [-0.2, -0.15) is 0 Å². The van der Waals surface area contributed by atoms with Crippen molar-refractivity contribution in [3.8, 4) is 0 Å². The molecule has 0 spiro atoms. The standard InChI is InChI=1S/C19H26N4OS2/c1-3-20-19(21-11-14(2)16-5-4-9-25-16)22-12-18(24)23-8-6-17-15(13-23)7-10-26-17/h4-5,7,9-10,14H,3,6,8,11-13H2,1-2H3,(H2,20,21,22). The number of hydrogen-bond acceptors (Lipinski definition) is 4. The summed E-state index contributed by atoms with van der Waals surface area (Å²) in [4.78, 5) is 21.7. The van der Waals surface area contributed by atoms with Gasteiger partial charge in [-0.3, -0.25) is 4.79 Å². The number of fused-ring (bicyclic) bond motifs is 1. The van der Waals surface area contributed by atoms with E-state index in [-0.39, 0.29) is 12.5 Å². The highest BCUT2D eigenvalue weighted by atomic mass is 32.1. The smallest absolute Gasteiger partial charge is 0.244 e. The molecule has 0 fully saturated rings. The van der Waals surface area contributed by atoms with E-state index < -0.39 is 0 Å². The van der Waals surface area contributed by atoms with E-state index in [9.17, 15) is 4.79 Å². The molecule has 1 unspecified atom stereocenters. The molecule has 2 aromatic heterocycles. The van der Waals surface area contributed by atoms with Crippen molar-refractivity contribution in [3.63, 3.8) is 0 Å². The fourth-order valence-corrected chi connectivity index (χ4v) is 4.65.